The van der Waals surface area contributed by atoms with Crippen molar-refractivity contribution < 1.29 is 20.8 Å². The van der Waals surface area contributed by atoms with Crippen LogP contribution in [0.1, 0.15) is 36.1 Å². The van der Waals surface area contributed by atoms with Gasteiger partial charge in [0, 0.05) is 9.52 Å². The summed E-state index contributed by atoms with van der Waals surface area (Å²) in [5.41, 5.74) is 16.2. The van der Waals surface area contributed by atoms with Crippen LogP contribution in [-0.2, 0) is 33.7 Å². The van der Waals surface area contributed by atoms with Crippen LogP contribution in [0.4, 0.5) is 0 Å². The van der Waals surface area contributed by atoms with Crippen LogP contribution in [0.15, 0.2) is 158 Å². The van der Waals surface area contributed by atoms with Crippen LogP contribution in [0.3, 0.4) is 0 Å². The predicted octanol–water partition coefficient (Wildman–Crippen LogP) is 15.7. The molecule has 0 aliphatic rings. The summed E-state index contributed by atoms with van der Waals surface area (Å²) >= 11 is -0.826. The molecule has 0 bridgehead atoms. The van der Waals surface area contributed by atoms with Crippen molar-refractivity contribution in [1.82, 2.24) is 0 Å². The standard InChI is InChI=1S/2C24H21.C2H6Si.2ClH.Zr/c2*1-3-18-13-14-20-15-21(19-10-5-4-6-11-19)16-23(20)24(18)22-12-8-7-9-17(22)2;1-3-2;;;/h2*4-16H,3H2,1-2H3;1-2H3;2*1H;/q2*-1;;;;+4/p-2. The van der Waals surface area contributed by atoms with Crippen LogP contribution in [0.5, 0.6) is 0 Å². The minimum absolute atomic E-state index is 0.826. The first kappa shape index (κ1) is 41.4. The summed E-state index contributed by atoms with van der Waals surface area (Å²) in [6.45, 7) is 13.2. The van der Waals surface area contributed by atoms with Gasteiger partial charge in [-0.1, -0.05) is 171 Å². The van der Waals surface area contributed by atoms with Crippen LogP contribution in [-0.4, -0.2) is 9.52 Å². The van der Waals surface area contributed by atoms with Crippen molar-refractivity contribution in [1.29, 1.82) is 0 Å². The zero-order chi connectivity index (χ0) is 38.5. The number of rotatable bonds is 6. The Morgan fingerprint density at radius 1 is 0.500 bits per heavy atom. The van der Waals surface area contributed by atoms with Crippen molar-refractivity contribution >= 4 is 48.1 Å². The molecule has 0 saturated heterocycles. The van der Waals surface area contributed by atoms with Crippen molar-refractivity contribution in [2.75, 3.05) is 0 Å². The summed E-state index contributed by atoms with van der Waals surface area (Å²) in [6, 6.07) is 57.1. The summed E-state index contributed by atoms with van der Waals surface area (Å²) in [7, 11) is 11.0. The van der Waals surface area contributed by atoms with Crippen LogP contribution in [0.2, 0.25) is 13.1 Å². The Kier molecular flexibility index (Phi) is 15.9. The number of hydrogen-bond donors (Lipinski definition) is 0. The molecule has 54 heavy (non-hydrogen) atoms. The zero-order valence-electron chi connectivity index (χ0n) is 32.2. The van der Waals surface area contributed by atoms with Crippen molar-refractivity contribution in [2.45, 2.75) is 53.6 Å². The second kappa shape index (κ2) is 20.8. The first-order valence-corrected chi connectivity index (χ1v) is 26.9. The van der Waals surface area contributed by atoms with E-state index in [4.69, 9.17) is 17.0 Å². The van der Waals surface area contributed by atoms with Gasteiger partial charge < -0.3 is 0 Å². The van der Waals surface area contributed by atoms with Crippen LogP contribution in [0, 0.1) is 13.8 Å². The fourth-order valence-corrected chi connectivity index (χ4v) is 7.18. The third-order valence-electron chi connectivity index (χ3n) is 9.76. The Bertz CT molecular complexity index is 2200. The second-order valence-corrected chi connectivity index (χ2v) is 18.1. The fraction of sp³-hybridized carbons (Fsp3) is 0.160. The summed E-state index contributed by atoms with van der Waals surface area (Å²) < 4.78 is 0. The molecule has 0 atom stereocenters. The molecule has 2 radical (unpaired) electrons. The van der Waals surface area contributed by atoms with Crippen molar-refractivity contribution in [3.63, 3.8) is 0 Å². The van der Waals surface area contributed by atoms with Crippen molar-refractivity contribution in [2.24, 2.45) is 0 Å². The molecular weight excluding hydrogens is 791 g/mol. The molecular formula is C50H48Cl2SiZr. The first-order valence-electron chi connectivity index (χ1n) is 18.6. The fourth-order valence-electron chi connectivity index (χ4n) is 7.18. The van der Waals surface area contributed by atoms with Gasteiger partial charge >= 0.3 is 37.9 Å². The number of benzene rings is 6. The Morgan fingerprint density at radius 2 is 0.833 bits per heavy atom. The van der Waals surface area contributed by atoms with Crippen molar-refractivity contribution in [3.8, 4) is 44.5 Å². The van der Waals surface area contributed by atoms with Crippen molar-refractivity contribution in [3.05, 3.63) is 180 Å². The van der Waals surface area contributed by atoms with Gasteiger partial charge in [0.25, 0.3) is 0 Å². The number of fused-ring (bicyclic) bond motifs is 2. The van der Waals surface area contributed by atoms with Crippen LogP contribution >= 0.6 is 17.0 Å². The summed E-state index contributed by atoms with van der Waals surface area (Å²) in [5, 5.41) is 5.37. The average Bonchev–Trinajstić information content (AvgIpc) is 3.85. The molecule has 8 aromatic rings. The molecule has 270 valence electrons. The number of aryl methyl sites for hydroxylation is 4. The van der Waals surface area contributed by atoms with E-state index in [0.29, 0.717) is 0 Å². The molecule has 0 spiro atoms. The monoisotopic (exact) mass is 836 g/mol. The van der Waals surface area contributed by atoms with E-state index in [1.807, 2.05) is 0 Å². The van der Waals surface area contributed by atoms with Gasteiger partial charge in [-0.25, -0.2) is 0 Å². The summed E-state index contributed by atoms with van der Waals surface area (Å²) in [6.07, 6.45) is 2.09. The van der Waals surface area contributed by atoms with Gasteiger partial charge in [-0.2, -0.15) is 0 Å². The van der Waals surface area contributed by atoms with E-state index in [1.54, 1.807) is 0 Å². The SMILES string of the molecule is CCc1ccc2[cH-]c(-c3ccccc3)cc2c1-c1ccccc1C.CCc1ccc2[cH-]c(-c3ccccc3)cc2c1-c1ccccc1C.C[Si]C.[Cl][Zr+2][Cl]. The Morgan fingerprint density at radius 3 is 1.17 bits per heavy atom. The molecule has 0 nitrogen and oxygen atoms in total. The Balaban J connectivity index is 0.000000182. The normalized spacial score (nSPS) is 10.4. The molecule has 0 saturated carbocycles. The van der Waals surface area contributed by atoms with Crippen LogP contribution < -0.4 is 0 Å². The molecule has 0 aromatic heterocycles. The number of halogens is 2. The first-order chi connectivity index (χ1) is 26.4. The molecule has 8 aromatic carbocycles. The van der Waals surface area contributed by atoms with E-state index >= 15 is 0 Å². The average molecular weight is 839 g/mol. The Hall–Kier alpha value is -3.78. The molecule has 0 aliphatic carbocycles. The van der Waals surface area contributed by atoms with Gasteiger partial charge in [0.1, 0.15) is 0 Å². The summed E-state index contributed by atoms with van der Waals surface area (Å²) in [5.74, 6) is 0. The molecule has 0 amide bonds. The molecule has 0 N–H and O–H groups in total. The molecule has 0 heterocycles. The third kappa shape index (κ3) is 9.90. The second-order valence-electron chi connectivity index (χ2n) is 13.3. The number of hydrogen-bond acceptors (Lipinski definition) is 0. The topological polar surface area (TPSA) is 0 Å². The van der Waals surface area contributed by atoms with E-state index in [1.165, 1.54) is 88.3 Å². The maximum atomic E-state index is 4.93. The van der Waals surface area contributed by atoms with E-state index in [2.05, 4.69) is 199 Å². The zero-order valence-corrected chi connectivity index (χ0v) is 37.2. The third-order valence-corrected chi connectivity index (χ3v) is 9.76. The van der Waals surface area contributed by atoms with E-state index in [9.17, 15) is 0 Å². The minimum atomic E-state index is -0.826. The molecule has 0 aliphatic heterocycles. The van der Waals surface area contributed by atoms with Gasteiger partial charge in [-0.05, 0) is 60.1 Å². The van der Waals surface area contributed by atoms with Gasteiger partial charge in [0.05, 0.1) is 0 Å². The molecule has 0 fully saturated rings. The Labute approximate surface area is 344 Å². The van der Waals surface area contributed by atoms with E-state index < -0.39 is 20.8 Å². The van der Waals surface area contributed by atoms with E-state index in [0.717, 1.165) is 22.4 Å². The van der Waals surface area contributed by atoms with Gasteiger partial charge in [-0.15, -0.1) is 69.1 Å². The van der Waals surface area contributed by atoms with E-state index in [-0.39, 0.29) is 0 Å². The summed E-state index contributed by atoms with van der Waals surface area (Å²) in [4.78, 5) is 0. The molecule has 0 unspecified atom stereocenters. The van der Waals surface area contributed by atoms with Crippen LogP contribution in [0.25, 0.3) is 66.1 Å². The quantitative estimate of drug-likeness (QED) is 0.116. The van der Waals surface area contributed by atoms with Gasteiger partial charge in [0.15, 0.2) is 0 Å². The van der Waals surface area contributed by atoms with Gasteiger partial charge in [-0.3, -0.25) is 0 Å². The molecule has 4 heteroatoms. The van der Waals surface area contributed by atoms with Gasteiger partial charge in [0.2, 0.25) is 0 Å². The predicted molar refractivity (Wildman–Crippen MR) is 238 cm³/mol. The maximum absolute atomic E-state index is 4.93. The molecule has 8 rings (SSSR count).